The van der Waals surface area contributed by atoms with Crippen molar-refractivity contribution in [2.24, 2.45) is 5.92 Å². The molecule has 0 aromatic carbocycles. The topological polar surface area (TPSA) is 15.7 Å². The molecule has 174 valence electrons. The van der Waals surface area contributed by atoms with Crippen molar-refractivity contribution < 1.29 is 4.74 Å². The fourth-order valence-electron chi connectivity index (χ4n) is 3.79. The first-order valence-corrected chi connectivity index (χ1v) is 11.8. The minimum absolute atomic E-state index is 0.530. The third-order valence-electron chi connectivity index (χ3n) is 5.21. The van der Waals surface area contributed by atoms with Crippen LogP contribution in [-0.4, -0.2) is 48.8 Å². The lowest BCUT2D eigenvalue weighted by Gasteiger charge is -2.48. The Bertz CT molecular complexity index is 627. The van der Waals surface area contributed by atoms with E-state index in [9.17, 15) is 0 Å². The number of allylic oxidation sites excluding steroid dienone is 9. The highest BCUT2D eigenvalue weighted by molar-refractivity contribution is 5.25. The summed E-state index contributed by atoms with van der Waals surface area (Å²) < 4.78 is 5.93. The van der Waals surface area contributed by atoms with Gasteiger partial charge in [0, 0.05) is 37.3 Å². The van der Waals surface area contributed by atoms with Crippen LogP contribution in [0.5, 0.6) is 0 Å². The van der Waals surface area contributed by atoms with Crippen molar-refractivity contribution in [2.75, 3.05) is 33.0 Å². The van der Waals surface area contributed by atoms with Crippen LogP contribution in [0.3, 0.4) is 0 Å². The van der Waals surface area contributed by atoms with Crippen molar-refractivity contribution in [1.82, 2.24) is 9.80 Å². The van der Waals surface area contributed by atoms with Crippen LogP contribution in [-0.2, 0) is 4.74 Å². The van der Waals surface area contributed by atoms with Gasteiger partial charge >= 0.3 is 0 Å². The molecule has 3 heteroatoms. The molecule has 0 aromatic rings. The van der Waals surface area contributed by atoms with E-state index in [1.165, 1.54) is 12.0 Å². The molecule has 0 radical (unpaired) electrons. The van der Waals surface area contributed by atoms with E-state index in [0.29, 0.717) is 18.7 Å². The summed E-state index contributed by atoms with van der Waals surface area (Å²) in [5.41, 5.74) is 2.56. The van der Waals surface area contributed by atoms with Gasteiger partial charge in [-0.3, -0.25) is 0 Å². The van der Waals surface area contributed by atoms with Crippen molar-refractivity contribution >= 4 is 0 Å². The third-order valence-corrected chi connectivity index (χ3v) is 5.21. The van der Waals surface area contributed by atoms with E-state index < -0.39 is 0 Å². The zero-order valence-electron chi connectivity index (χ0n) is 20.7. The van der Waals surface area contributed by atoms with Crippen LogP contribution in [0.4, 0.5) is 0 Å². The van der Waals surface area contributed by atoms with Gasteiger partial charge in [0.2, 0.25) is 0 Å². The summed E-state index contributed by atoms with van der Waals surface area (Å²) in [5, 5.41) is 0. The molecule has 2 fully saturated rings. The van der Waals surface area contributed by atoms with Gasteiger partial charge in [0.25, 0.3) is 0 Å². The molecule has 0 aromatic heterocycles. The fourth-order valence-corrected chi connectivity index (χ4v) is 3.79. The number of likely N-dealkylation sites (tertiary alicyclic amines) is 1. The highest BCUT2D eigenvalue weighted by Crippen LogP contribution is 2.30. The number of nitrogens with zero attached hydrogens (tertiary/aromatic N) is 2. The summed E-state index contributed by atoms with van der Waals surface area (Å²) >= 11 is 0. The van der Waals surface area contributed by atoms with Gasteiger partial charge in [0.05, 0.1) is 6.61 Å². The Morgan fingerprint density at radius 1 is 0.968 bits per heavy atom. The average Bonchev–Trinajstić information content (AvgIpc) is 2.82. The number of piperidine rings is 1. The van der Waals surface area contributed by atoms with Crippen LogP contribution in [0, 0.1) is 5.92 Å². The molecule has 2 saturated heterocycles. The summed E-state index contributed by atoms with van der Waals surface area (Å²) in [7, 11) is 0. The van der Waals surface area contributed by atoms with Crippen LogP contribution < -0.4 is 0 Å². The first kappa shape index (κ1) is 28.9. The third kappa shape index (κ3) is 10.7. The molecule has 2 unspecified atom stereocenters. The Labute approximate surface area is 192 Å². The van der Waals surface area contributed by atoms with Gasteiger partial charge < -0.3 is 14.5 Å². The van der Waals surface area contributed by atoms with E-state index >= 15 is 0 Å². The van der Waals surface area contributed by atoms with E-state index in [1.807, 2.05) is 58.1 Å². The predicted octanol–water partition coefficient (Wildman–Crippen LogP) is 6.91. The van der Waals surface area contributed by atoms with Gasteiger partial charge in [-0.2, -0.15) is 0 Å². The molecule has 0 bridgehead atoms. The Balaban J connectivity index is 0.00000212. The van der Waals surface area contributed by atoms with Crippen molar-refractivity contribution in [2.45, 2.75) is 53.5 Å². The van der Waals surface area contributed by atoms with Crippen molar-refractivity contribution in [3.63, 3.8) is 0 Å². The van der Waals surface area contributed by atoms with Crippen LogP contribution in [0.15, 0.2) is 85.7 Å². The maximum absolute atomic E-state index is 5.93. The molecule has 0 spiro atoms. The highest BCUT2D eigenvalue weighted by Gasteiger charge is 2.36. The first-order valence-electron chi connectivity index (χ1n) is 11.8. The number of rotatable bonds is 9. The molecule has 2 aliphatic rings. The lowest BCUT2D eigenvalue weighted by Crippen LogP contribution is -2.55. The van der Waals surface area contributed by atoms with Gasteiger partial charge in [-0.25, -0.2) is 0 Å². The first-order chi connectivity index (χ1) is 15.2. The molecular weight excluding hydrogens is 380 g/mol. The van der Waals surface area contributed by atoms with Gasteiger partial charge in [-0.1, -0.05) is 95.5 Å². The summed E-state index contributed by atoms with van der Waals surface area (Å²) in [5.74, 6) is 0.544. The molecule has 0 saturated carbocycles. The standard InChI is InChI=1S/C24H34N2O.2C2H6/c1-5-8-10-12-21(4)14-16-25-17-15-24-22(18-25)19-27-20-26(24)23(11-7-3)13-9-6-2;2*1-2/h5-13,22,24H,1-3,14-20H2,4H3;2*1-2H3/b10-8-,13-9-,21-12+,23-11+;;. The molecular formula is C28H46N2O. The van der Waals surface area contributed by atoms with Gasteiger partial charge in [-0.15, -0.1) is 0 Å². The second kappa shape index (κ2) is 18.7. The zero-order valence-corrected chi connectivity index (χ0v) is 20.7. The lowest BCUT2D eigenvalue weighted by molar-refractivity contribution is -0.0895. The van der Waals surface area contributed by atoms with Gasteiger partial charge in [0.1, 0.15) is 6.73 Å². The Morgan fingerprint density at radius 3 is 2.32 bits per heavy atom. The molecule has 0 N–H and O–H groups in total. The minimum atomic E-state index is 0.530. The van der Waals surface area contributed by atoms with Crippen LogP contribution in [0.2, 0.25) is 0 Å². The number of hydrogen-bond acceptors (Lipinski definition) is 3. The summed E-state index contributed by atoms with van der Waals surface area (Å²) in [4.78, 5) is 4.97. The van der Waals surface area contributed by atoms with Crippen LogP contribution in [0.25, 0.3) is 0 Å². The van der Waals surface area contributed by atoms with Crippen molar-refractivity contribution in [1.29, 1.82) is 0 Å². The number of hydrogen-bond donors (Lipinski definition) is 0. The molecule has 0 amide bonds. The van der Waals surface area contributed by atoms with E-state index in [4.69, 9.17) is 4.74 Å². The van der Waals surface area contributed by atoms with Crippen molar-refractivity contribution in [3.8, 4) is 0 Å². The summed E-state index contributed by atoms with van der Waals surface area (Å²) in [6.45, 7) is 26.4. The molecule has 3 nitrogen and oxygen atoms in total. The quantitative estimate of drug-likeness (QED) is 0.373. The molecule has 2 rings (SSSR count). The maximum Gasteiger partial charge on any atom is 0.119 e. The highest BCUT2D eigenvalue weighted by atomic mass is 16.5. The second-order valence-corrected chi connectivity index (χ2v) is 7.19. The summed E-state index contributed by atoms with van der Waals surface area (Å²) in [6.07, 6.45) is 20.1. The van der Waals surface area contributed by atoms with E-state index in [2.05, 4.69) is 60.8 Å². The van der Waals surface area contributed by atoms with E-state index in [1.54, 1.807) is 0 Å². The minimum Gasteiger partial charge on any atom is -0.361 e. The summed E-state index contributed by atoms with van der Waals surface area (Å²) in [6, 6.07) is 0.530. The fraction of sp³-hybridized carbons (Fsp3) is 0.500. The largest absolute Gasteiger partial charge is 0.361 e. The Morgan fingerprint density at radius 2 is 1.68 bits per heavy atom. The normalized spacial score (nSPS) is 22.2. The maximum atomic E-state index is 5.93. The van der Waals surface area contributed by atoms with Crippen molar-refractivity contribution in [3.05, 3.63) is 85.7 Å². The average molecular weight is 427 g/mol. The second-order valence-electron chi connectivity index (χ2n) is 7.19. The SMILES string of the molecule is C=C/C=C\C=C(/C)CCN1CCC2C(COCN2C(/C=C\C=C)=C/C=C)C1.CC.CC. The zero-order chi connectivity index (χ0) is 23.5. The number of fused-ring (bicyclic) bond motifs is 1. The number of ether oxygens (including phenoxy) is 1. The predicted molar refractivity (Wildman–Crippen MR) is 139 cm³/mol. The Kier molecular flexibility index (Phi) is 17.4. The monoisotopic (exact) mass is 426 g/mol. The molecule has 2 heterocycles. The van der Waals surface area contributed by atoms with Crippen LogP contribution >= 0.6 is 0 Å². The van der Waals surface area contributed by atoms with E-state index in [-0.39, 0.29) is 0 Å². The lowest BCUT2D eigenvalue weighted by atomic mass is 9.89. The van der Waals surface area contributed by atoms with Gasteiger partial charge in [-0.05, 0) is 31.9 Å². The molecule has 0 aliphatic carbocycles. The molecule has 2 aliphatic heterocycles. The Hall–Kier alpha value is -2.10. The molecule has 2 atom stereocenters. The van der Waals surface area contributed by atoms with Crippen LogP contribution in [0.1, 0.15) is 47.5 Å². The van der Waals surface area contributed by atoms with Gasteiger partial charge in [0.15, 0.2) is 0 Å². The smallest absolute Gasteiger partial charge is 0.119 e. The molecule has 31 heavy (non-hydrogen) atoms. The van der Waals surface area contributed by atoms with E-state index in [0.717, 1.165) is 38.4 Å².